The summed E-state index contributed by atoms with van der Waals surface area (Å²) in [4.78, 5) is 2.53. The lowest BCUT2D eigenvalue weighted by Crippen LogP contribution is -2.40. The summed E-state index contributed by atoms with van der Waals surface area (Å²) in [5.74, 6) is -0.360. The second-order valence-electron chi connectivity index (χ2n) is 5.50. The standard InChI is InChI=1S/C15H23BrFN3S/c1-9(2)20(10(3)4)8-7-19-12-6-5-11(15(18)21)13(16)14(12)17/h5-6,9-10,19H,7-8H2,1-4H3,(H2,18,21). The largest absolute Gasteiger partial charge is 0.389 e. The molecule has 21 heavy (non-hydrogen) atoms. The fourth-order valence-corrected chi connectivity index (χ4v) is 3.17. The first-order valence-electron chi connectivity index (χ1n) is 7.03. The van der Waals surface area contributed by atoms with Crippen LogP contribution in [0.2, 0.25) is 0 Å². The number of hydrogen-bond acceptors (Lipinski definition) is 3. The first kappa shape index (κ1) is 18.3. The number of nitrogens with one attached hydrogen (secondary N) is 1. The van der Waals surface area contributed by atoms with Crippen molar-refractivity contribution in [3.8, 4) is 0 Å². The summed E-state index contributed by atoms with van der Waals surface area (Å²) in [6.45, 7) is 10.2. The average Bonchev–Trinajstić information content (AvgIpc) is 2.37. The lowest BCUT2D eigenvalue weighted by atomic mass is 10.2. The predicted octanol–water partition coefficient (Wildman–Crippen LogP) is 3.75. The molecule has 0 radical (unpaired) electrons. The zero-order valence-electron chi connectivity index (χ0n) is 12.9. The Labute approximate surface area is 140 Å². The van der Waals surface area contributed by atoms with Gasteiger partial charge in [0.25, 0.3) is 0 Å². The van der Waals surface area contributed by atoms with Gasteiger partial charge in [0.15, 0.2) is 5.82 Å². The summed E-state index contributed by atoms with van der Waals surface area (Å²) >= 11 is 8.09. The number of benzene rings is 1. The topological polar surface area (TPSA) is 41.3 Å². The lowest BCUT2D eigenvalue weighted by Gasteiger charge is -2.30. The highest BCUT2D eigenvalue weighted by Crippen LogP contribution is 2.27. The molecule has 6 heteroatoms. The highest BCUT2D eigenvalue weighted by molar-refractivity contribution is 9.10. The summed E-state index contributed by atoms with van der Waals surface area (Å²) in [5, 5.41) is 3.13. The van der Waals surface area contributed by atoms with Gasteiger partial charge in [-0.1, -0.05) is 12.2 Å². The van der Waals surface area contributed by atoms with E-state index in [-0.39, 0.29) is 10.8 Å². The third-order valence-corrected chi connectivity index (χ3v) is 4.35. The molecule has 3 nitrogen and oxygen atoms in total. The van der Waals surface area contributed by atoms with Gasteiger partial charge in [0.05, 0.1) is 10.2 Å². The van der Waals surface area contributed by atoms with E-state index in [0.29, 0.717) is 34.4 Å². The van der Waals surface area contributed by atoms with E-state index in [1.54, 1.807) is 12.1 Å². The maximum atomic E-state index is 14.2. The van der Waals surface area contributed by atoms with Gasteiger partial charge in [-0.25, -0.2) is 4.39 Å². The van der Waals surface area contributed by atoms with Crippen LogP contribution in [-0.4, -0.2) is 35.1 Å². The van der Waals surface area contributed by atoms with Gasteiger partial charge in [-0.05, 0) is 55.8 Å². The zero-order chi connectivity index (χ0) is 16.2. The van der Waals surface area contributed by atoms with E-state index >= 15 is 0 Å². The van der Waals surface area contributed by atoms with Gasteiger partial charge < -0.3 is 11.1 Å². The van der Waals surface area contributed by atoms with E-state index in [4.69, 9.17) is 18.0 Å². The molecule has 1 aromatic carbocycles. The van der Waals surface area contributed by atoms with Crippen molar-refractivity contribution in [2.24, 2.45) is 5.73 Å². The fourth-order valence-electron chi connectivity index (χ4n) is 2.31. The van der Waals surface area contributed by atoms with Crippen LogP contribution < -0.4 is 11.1 Å². The third-order valence-electron chi connectivity index (χ3n) is 3.36. The highest BCUT2D eigenvalue weighted by atomic mass is 79.9. The van der Waals surface area contributed by atoms with Crippen LogP contribution in [0.3, 0.4) is 0 Å². The van der Waals surface area contributed by atoms with Crippen LogP contribution in [0.25, 0.3) is 0 Å². The average molecular weight is 376 g/mol. The van der Waals surface area contributed by atoms with E-state index in [1.165, 1.54) is 0 Å². The van der Waals surface area contributed by atoms with Crippen LogP contribution in [0, 0.1) is 5.82 Å². The normalized spacial score (nSPS) is 11.5. The number of nitrogens with two attached hydrogens (primary N) is 1. The van der Waals surface area contributed by atoms with Crippen molar-refractivity contribution in [2.45, 2.75) is 39.8 Å². The Morgan fingerprint density at radius 1 is 1.33 bits per heavy atom. The summed E-state index contributed by atoms with van der Waals surface area (Å²) in [7, 11) is 0. The molecule has 0 unspecified atom stereocenters. The van der Waals surface area contributed by atoms with Crippen LogP contribution in [0.4, 0.5) is 10.1 Å². The van der Waals surface area contributed by atoms with Crippen LogP contribution in [0.1, 0.15) is 33.3 Å². The molecule has 0 saturated carbocycles. The Hall–Kier alpha value is -0.720. The smallest absolute Gasteiger partial charge is 0.161 e. The predicted molar refractivity (Wildman–Crippen MR) is 95.5 cm³/mol. The van der Waals surface area contributed by atoms with E-state index < -0.39 is 0 Å². The minimum atomic E-state index is -0.360. The Kier molecular flexibility index (Phi) is 7.03. The Bertz CT molecular complexity index is 498. The first-order valence-corrected chi connectivity index (χ1v) is 8.23. The van der Waals surface area contributed by atoms with Gasteiger partial charge in [0.1, 0.15) is 4.99 Å². The highest BCUT2D eigenvalue weighted by Gasteiger charge is 2.15. The summed E-state index contributed by atoms with van der Waals surface area (Å²) in [5.41, 5.74) is 6.51. The first-order chi connectivity index (χ1) is 9.75. The molecule has 1 aromatic rings. The molecule has 0 atom stereocenters. The molecule has 0 bridgehead atoms. The summed E-state index contributed by atoms with van der Waals surface area (Å²) < 4.78 is 14.5. The molecule has 0 aliphatic carbocycles. The Balaban J connectivity index is 2.73. The maximum absolute atomic E-state index is 14.2. The van der Waals surface area contributed by atoms with Gasteiger partial charge in [-0.2, -0.15) is 0 Å². The minimum Gasteiger partial charge on any atom is -0.389 e. The summed E-state index contributed by atoms with van der Waals surface area (Å²) in [6.07, 6.45) is 0. The quantitative estimate of drug-likeness (QED) is 0.712. The molecule has 3 N–H and O–H groups in total. The van der Waals surface area contributed by atoms with Crippen LogP contribution in [0.5, 0.6) is 0 Å². The number of halogens is 2. The Morgan fingerprint density at radius 3 is 2.38 bits per heavy atom. The van der Waals surface area contributed by atoms with Crippen LogP contribution in [0.15, 0.2) is 16.6 Å². The van der Waals surface area contributed by atoms with Crippen molar-refractivity contribution in [1.29, 1.82) is 0 Å². The van der Waals surface area contributed by atoms with E-state index in [9.17, 15) is 4.39 Å². The molecule has 0 spiro atoms. The number of rotatable bonds is 7. The van der Waals surface area contributed by atoms with Crippen LogP contribution in [-0.2, 0) is 0 Å². The number of hydrogen-bond donors (Lipinski definition) is 2. The number of anilines is 1. The van der Waals surface area contributed by atoms with Crippen molar-refractivity contribution in [1.82, 2.24) is 4.90 Å². The molecule has 0 saturated heterocycles. The van der Waals surface area contributed by atoms with Gasteiger partial charge in [-0.15, -0.1) is 0 Å². The molecule has 1 rings (SSSR count). The van der Waals surface area contributed by atoms with Crippen molar-refractivity contribution in [3.05, 3.63) is 28.0 Å². The van der Waals surface area contributed by atoms with E-state index in [1.807, 2.05) is 0 Å². The van der Waals surface area contributed by atoms with E-state index in [2.05, 4.69) is 53.8 Å². The zero-order valence-corrected chi connectivity index (χ0v) is 15.3. The maximum Gasteiger partial charge on any atom is 0.161 e. The molecular weight excluding hydrogens is 353 g/mol. The molecule has 0 heterocycles. The third kappa shape index (κ3) is 4.90. The summed E-state index contributed by atoms with van der Waals surface area (Å²) in [6, 6.07) is 4.31. The molecule has 118 valence electrons. The van der Waals surface area contributed by atoms with Crippen LogP contribution >= 0.6 is 28.1 Å². The second kappa shape index (κ2) is 8.06. The monoisotopic (exact) mass is 375 g/mol. The van der Waals surface area contributed by atoms with Gasteiger partial charge in [-0.3, -0.25) is 4.90 Å². The lowest BCUT2D eigenvalue weighted by molar-refractivity contribution is 0.182. The molecule has 0 aliphatic heterocycles. The minimum absolute atomic E-state index is 0.179. The molecule has 0 aliphatic rings. The SMILES string of the molecule is CC(C)N(CCNc1ccc(C(N)=S)c(Br)c1F)C(C)C. The van der Waals surface area contributed by atoms with Gasteiger partial charge >= 0.3 is 0 Å². The Morgan fingerprint density at radius 2 is 1.90 bits per heavy atom. The number of nitrogens with zero attached hydrogens (tertiary/aromatic N) is 1. The van der Waals surface area contributed by atoms with Crippen molar-refractivity contribution >= 4 is 38.8 Å². The molecule has 0 aromatic heterocycles. The molecular formula is C15H23BrFN3S. The van der Waals surface area contributed by atoms with Gasteiger partial charge in [0, 0.05) is 30.7 Å². The number of thiocarbonyl (C=S) groups is 1. The fraction of sp³-hybridized carbons (Fsp3) is 0.533. The van der Waals surface area contributed by atoms with Crippen molar-refractivity contribution < 1.29 is 4.39 Å². The van der Waals surface area contributed by atoms with Gasteiger partial charge in [0.2, 0.25) is 0 Å². The molecule has 0 fully saturated rings. The second-order valence-corrected chi connectivity index (χ2v) is 6.74. The van der Waals surface area contributed by atoms with Crippen molar-refractivity contribution in [3.63, 3.8) is 0 Å². The van der Waals surface area contributed by atoms with Crippen molar-refractivity contribution in [2.75, 3.05) is 18.4 Å². The molecule has 0 amide bonds. The van der Waals surface area contributed by atoms with E-state index in [0.717, 1.165) is 6.54 Å².